The van der Waals surface area contributed by atoms with Crippen LogP contribution in [0.3, 0.4) is 0 Å². The molecular weight excluding hydrogens is 518 g/mol. The van der Waals surface area contributed by atoms with E-state index in [4.69, 9.17) is 19.3 Å². The number of aliphatic hydroxyl groups is 1. The highest BCUT2D eigenvalue weighted by Gasteiger charge is 2.38. The highest BCUT2D eigenvalue weighted by Crippen LogP contribution is 2.44. The molecule has 0 spiro atoms. The first-order valence-corrected chi connectivity index (χ1v) is 13.7. The van der Waals surface area contributed by atoms with E-state index in [-0.39, 0.29) is 43.5 Å². The summed E-state index contributed by atoms with van der Waals surface area (Å²) in [5.74, 6) is 0.0930. The fourth-order valence-corrected chi connectivity index (χ4v) is 5.62. The van der Waals surface area contributed by atoms with Crippen LogP contribution >= 0.6 is 11.8 Å². The summed E-state index contributed by atoms with van der Waals surface area (Å²) in [7, 11) is 1.66. The van der Waals surface area contributed by atoms with E-state index in [0.29, 0.717) is 11.4 Å². The van der Waals surface area contributed by atoms with Gasteiger partial charge >= 0.3 is 5.97 Å². The van der Waals surface area contributed by atoms with Crippen LogP contribution in [-0.4, -0.2) is 41.1 Å². The number of carboxylic acid groups (broad SMARTS) is 1. The van der Waals surface area contributed by atoms with Gasteiger partial charge in [0, 0.05) is 34.2 Å². The standard InChI is InChI=1S/C30H33NO7S/c1-19-25(18-39-26-9-4-3-8-24(26)36-2)37-30(38-29(19)21-12-10-20(17-32)11-13-21)22-6-5-7-23(16-22)31-27(33)14-15-28(34)35/h3-13,16,19,25,29-30,32H,14-15,17-18H2,1-2H3,(H,31,33)(H,34,35)/t19-,25+,29+,30+/m1/s1. The molecule has 8 nitrogen and oxygen atoms in total. The number of aliphatic carboxylic acids is 1. The minimum Gasteiger partial charge on any atom is -0.496 e. The second-order valence-electron chi connectivity index (χ2n) is 9.35. The molecule has 39 heavy (non-hydrogen) atoms. The monoisotopic (exact) mass is 551 g/mol. The van der Waals surface area contributed by atoms with Gasteiger partial charge in [-0.1, -0.05) is 55.5 Å². The highest BCUT2D eigenvalue weighted by atomic mass is 32.2. The van der Waals surface area contributed by atoms with Crippen LogP contribution in [0.2, 0.25) is 0 Å². The van der Waals surface area contributed by atoms with Crippen molar-refractivity contribution in [3.8, 4) is 5.75 Å². The Morgan fingerprint density at radius 2 is 1.74 bits per heavy atom. The molecule has 9 heteroatoms. The number of carbonyl (C=O) groups is 2. The molecule has 206 valence electrons. The van der Waals surface area contributed by atoms with Gasteiger partial charge in [-0.25, -0.2) is 0 Å². The average molecular weight is 552 g/mol. The van der Waals surface area contributed by atoms with Gasteiger partial charge in [0.25, 0.3) is 0 Å². The number of carboxylic acids is 1. The number of anilines is 1. The van der Waals surface area contributed by atoms with Gasteiger partial charge in [0.1, 0.15) is 5.75 Å². The maximum Gasteiger partial charge on any atom is 0.303 e. The molecule has 3 aromatic carbocycles. The second-order valence-corrected chi connectivity index (χ2v) is 10.4. The molecule has 1 aliphatic rings. The van der Waals surface area contributed by atoms with Gasteiger partial charge in [0.2, 0.25) is 5.91 Å². The predicted molar refractivity (Wildman–Crippen MR) is 149 cm³/mol. The molecule has 0 aromatic heterocycles. The zero-order valence-corrected chi connectivity index (χ0v) is 22.7. The van der Waals surface area contributed by atoms with Gasteiger partial charge in [-0.3, -0.25) is 9.59 Å². The van der Waals surface area contributed by atoms with Crippen molar-refractivity contribution in [1.82, 2.24) is 0 Å². The number of nitrogens with one attached hydrogen (secondary N) is 1. The van der Waals surface area contributed by atoms with Crippen LogP contribution in [0.25, 0.3) is 0 Å². The summed E-state index contributed by atoms with van der Waals surface area (Å²) >= 11 is 1.66. The Kier molecular flexibility index (Phi) is 10.00. The summed E-state index contributed by atoms with van der Waals surface area (Å²) in [5, 5.41) is 21.1. The third-order valence-corrected chi connectivity index (χ3v) is 7.75. The molecule has 0 saturated carbocycles. The number of ether oxygens (including phenoxy) is 3. The predicted octanol–water partition coefficient (Wildman–Crippen LogP) is 5.57. The molecule has 3 N–H and O–H groups in total. The normalized spacial score (nSPS) is 20.8. The number of carbonyl (C=O) groups excluding carboxylic acids is 1. The SMILES string of the molecule is COc1ccccc1SC[C@@H]1O[C@H](c2cccc(NC(=O)CCC(=O)O)c2)O[C@H](c2ccc(CO)cc2)[C@@H]1C. The van der Waals surface area contributed by atoms with Crippen molar-refractivity contribution in [2.75, 3.05) is 18.2 Å². The van der Waals surface area contributed by atoms with E-state index in [9.17, 15) is 14.7 Å². The lowest BCUT2D eigenvalue weighted by Gasteiger charge is -2.41. The Morgan fingerprint density at radius 3 is 2.46 bits per heavy atom. The van der Waals surface area contributed by atoms with E-state index in [0.717, 1.165) is 27.3 Å². The summed E-state index contributed by atoms with van der Waals surface area (Å²) < 4.78 is 18.5. The lowest BCUT2D eigenvalue weighted by atomic mass is 9.91. The summed E-state index contributed by atoms with van der Waals surface area (Å²) in [6.07, 6.45) is -1.48. The Morgan fingerprint density at radius 1 is 0.974 bits per heavy atom. The number of benzene rings is 3. The van der Waals surface area contributed by atoms with Crippen molar-refractivity contribution in [2.45, 2.75) is 49.8 Å². The van der Waals surface area contributed by atoms with Crippen LogP contribution in [0.15, 0.2) is 77.7 Å². The average Bonchev–Trinajstić information content (AvgIpc) is 2.96. The maximum absolute atomic E-state index is 12.2. The van der Waals surface area contributed by atoms with Crippen molar-refractivity contribution < 1.29 is 34.0 Å². The van der Waals surface area contributed by atoms with E-state index in [2.05, 4.69) is 12.2 Å². The molecule has 3 aromatic rings. The molecule has 1 saturated heterocycles. The molecule has 0 aliphatic carbocycles. The minimum atomic E-state index is -1.02. The van der Waals surface area contributed by atoms with Crippen LogP contribution in [0, 0.1) is 5.92 Å². The minimum absolute atomic E-state index is 0.0161. The van der Waals surface area contributed by atoms with Crippen LogP contribution < -0.4 is 10.1 Å². The lowest BCUT2D eigenvalue weighted by molar-refractivity contribution is -0.268. The molecule has 0 bridgehead atoms. The molecule has 1 aliphatic heterocycles. The van der Waals surface area contributed by atoms with E-state index in [1.165, 1.54) is 0 Å². The van der Waals surface area contributed by atoms with Gasteiger partial charge in [-0.2, -0.15) is 0 Å². The van der Waals surface area contributed by atoms with Gasteiger partial charge in [0.15, 0.2) is 6.29 Å². The third-order valence-electron chi connectivity index (χ3n) is 6.60. The topological polar surface area (TPSA) is 114 Å². The summed E-state index contributed by atoms with van der Waals surface area (Å²) in [6.45, 7) is 2.07. The van der Waals surface area contributed by atoms with Gasteiger partial charge in [-0.15, -0.1) is 11.8 Å². The smallest absolute Gasteiger partial charge is 0.303 e. The number of aliphatic hydroxyl groups excluding tert-OH is 1. The zero-order chi connectivity index (χ0) is 27.8. The van der Waals surface area contributed by atoms with Gasteiger partial charge in [0.05, 0.1) is 32.3 Å². The number of hydrogen-bond donors (Lipinski definition) is 3. The highest BCUT2D eigenvalue weighted by molar-refractivity contribution is 7.99. The van der Waals surface area contributed by atoms with Gasteiger partial charge < -0.3 is 29.7 Å². The van der Waals surface area contributed by atoms with E-state index < -0.39 is 12.3 Å². The van der Waals surface area contributed by atoms with Crippen molar-refractivity contribution in [2.24, 2.45) is 5.92 Å². The van der Waals surface area contributed by atoms with E-state index in [1.807, 2.05) is 54.6 Å². The number of hydrogen-bond acceptors (Lipinski definition) is 7. The molecule has 4 rings (SSSR count). The molecule has 0 radical (unpaired) electrons. The fraction of sp³-hybridized carbons (Fsp3) is 0.333. The van der Waals surface area contributed by atoms with Crippen LogP contribution in [-0.2, 0) is 25.7 Å². The number of rotatable bonds is 11. The number of para-hydroxylation sites is 1. The van der Waals surface area contributed by atoms with Crippen molar-refractivity contribution in [3.63, 3.8) is 0 Å². The zero-order valence-electron chi connectivity index (χ0n) is 21.9. The summed E-state index contributed by atoms with van der Waals surface area (Å²) in [6, 6.07) is 22.8. The molecule has 0 unspecified atom stereocenters. The Balaban J connectivity index is 1.56. The third kappa shape index (κ3) is 7.60. The van der Waals surface area contributed by atoms with Crippen LogP contribution in [0.5, 0.6) is 5.75 Å². The number of methoxy groups -OCH3 is 1. The van der Waals surface area contributed by atoms with Crippen LogP contribution in [0.1, 0.15) is 48.8 Å². The first-order valence-electron chi connectivity index (χ1n) is 12.8. The van der Waals surface area contributed by atoms with Crippen molar-refractivity contribution in [1.29, 1.82) is 0 Å². The van der Waals surface area contributed by atoms with Crippen molar-refractivity contribution >= 4 is 29.3 Å². The quantitative estimate of drug-likeness (QED) is 0.265. The lowest BCUT2D eigenvalue weighted by Crippen LogP contribution is -2.38. The second kappa shape index (κ2) is 13.6. The van der Waals surface area contributed by atoms with Crippen molar-refractivity contribution in [3.05, 3.63) is 89.5 Å². The number of thioether (sulfide) groups is 1. The summed E-state index contributed by atoms with van der Waals surface area (Å²) in [4.78, 5) is 24.0. The molecular formula is C30H33NO7S. The Hall–Kier alpha value is -3.37. The maximum atomic E-state index is 12.2. The van der Waals surface area contributed by atoms with E-state index in [1.54, 1.807) is 37.1 Å². The van der Waals surface area contributed by atoms with Crippen LogP contribution in [0.4, 0.5) is 5.69 Å². The fourth-order valence-electron chi connectivity index (χ4n) is 4.43. The molecule has 1 fully saturated rings. The molecule has 4 atom stereocenters. The Bertz CT molecular complexity index is 1270. The first-order chi connectivity index (χ1) is 18.9. The largest absolute Gasteiger partial charge is 0.496 e. The number of amides is 1. The molecule has 1 heterocycles. The first kappa shape index (κ1) is 28.6. The summed E-state index contributed by atoms with van der Waals surface area (Å²) in [5.41, 5.74) is 3.09. The van der Waals surface area contributed by atoms with Gasteiger partial charge in [-0.05, 0) is 35.4 Å². The van der Waals surface area contributed by atoms with E-state index >= 15 is 0 Å². The molecule has 1 amide bonds. The Labute approximate surface area is 232 Å².